The third kappa shape index (κ3) is 58.1. The summed E-state index contributed by atoms with van der Waals surface area (Å²) in [4.78, 5) is 0. The van der Waals surface area contributed by atoms with Crippen LogP contribution in [-0.2, 0) is 0 Å². The highest BCUT2D eigenvalue weighted by Gasteiger charge is 1.41. The highest BCUT2D eigenvalue weighted by atomic mass is 14.5. The van der Waals surface area contributed by atoms with Crippen molar-refractivity contribution in [3.63, 3.8) is 0 Å². The SMILES string of the molecule is C=CC#N.C=CC=CN. The second-order valence-corrected chi connectivity index (χ2v) is 0.954. The molecule has 0 aliphatic carbocycles. The topological polar surface area (TPSA) is 49.8 Å². The van der Waals surface area contributed by atoms with Crippen LogP contribution in [0.15, 0.2) is 37.6 Å². The second kappa shape index (κ2) is 16.0. The smallest absolute Gasteiger partial charge is 0.0905 e. The van der Waals surface area contributed by atoms with Gasteiger partial charge >= 0.3 is 0 Å². The molecular formula is C7H10N2. The van der Waals surface area contributed by atoms with Gasteiger partial charge in [-0.15, -0.1) is 0 Å². The van der Waals surface area contributed by atoms with Crippen LogP contribution >= 0.6 is 0 Å². The predicted molar refractivity (Wildman–Crippen MR) is 39.3 cm³/mol. The molecule has 0 aromatic heterocycles. The van der Waals surface area contributed by atoms with Crippen molar-refractivity contribution in [3.8, 4) is 6.07 Å². The Hall–Kier alpha value is -1.49. The van der Waals surface area contributed by atoms with Crippen molar-refractivity contribution >= 4 is 0 Å². The molecule has 2 heteroatoms. The first kappa shape index (κ1) is 10.5. The Morgan fingerprint density at radius 1 is 1.44 bits per heavy atom. The monoisotopic (exact) mass is 122 g/mol. The van der Waals surface area contributed by atoms with E-state index in [2.05, 4.69) is 13.2 Å². The van der Waals surface area contributed by atoms with Gasteiger partial charge in [0.15, 0.2) is 0 Å². The van der Waals surface area contributed by atoms with Gasteiger partial charge < -0.3 is 5.73 Å². The lowest BCUT2D eigenvalue weighted by atomic mass is 10.6. The van der Waals surface area contributed by atoms with E-state index < -0.39 is 0 Å². The summed E-state index contributed by atoms with van der Waals surface area (Å²) in [6.45, 7) is 6.50. The highest BCUT2D eigenvalue weighted by Crippen LogP contribution is 1.58. The third-order valence-electron chi connectivity index (χ3n) is 0.338. The zero-order valence-corrected chi connectivity index (χ0v) is 5.25. The van der Waals surface area contributed by atoms with Gasteiger partial charge in [-0.2, -0.15) is 5.26 Å². The summed E-state index contributed by atoms with van der Waals surface area (Å²) in [6, 6.07) is 1.69. The van der Waals surface area contributed by atoms with Crippen LogP contribution in [0.1, 0.15) is 0 Å². The van der Waals surface area contributed by atoms with E-state index in [9.17, 15) is 0 Å². The Labute approximate surface area is 55.6 Å². The van der Waals surface area contributed by atoms with Crippen LogP contribution in [-0.4, -0.2) is 0 Å². The number of allylic oxidation sites excluding steroid dienone is 3. The molecule has 0 radical (unpaired) electrons. The van der Waals surface area contributed by atoms with E-state index in [1.54, 1.807) is 18.2 Å². The molecule has 0 amide bonds. The van der Waals surface area contributed by atoms with E-state index in [1.807, 2.05) is 0 Å². The summed E-state index contributed by atoms with van der Waals surface area (Å²) in [7, 11) is 0. The minimum atomic E-state index is 1.18. The zero-order valence-electron chi connectivity index (χ0n) is 5.25. The lowest BCUT2D eigenvalue weighted by Crippen LogP contribution is -1.71. The molecule has 0 rings (SSSR count). The molecule has 0 heterocycles. The molecule has 2 N–H and O–H groups in total. The number of nitrogens with zero attached hydrogens (tertiary/aromatic N) is 1. The molecule has 0 aromatic carbocycles. The van der Waals surface area contributed by atoms with Gasteiger partial charge in [-0.1, -0.05) is 19.2 Å². The summed E-state index contributed by atoms with van der Waals surface area (Å²) in [5.41, 5.74) is 4.89. The molecule has 0 fully saturated rings. The summed E-state index contributed by atoms with van der Waals surface area (Å²) in [6.07, 6.45) is 5.91. The summed E-state index contributed by atoms with van der Waals surface area (Å²) in [5, 5.41) is 7.51. The van der Waals surface area contributed by atoms with E-state index in [4.69, 9.17) is 11.0 Å². The van der Waals surface area contributed by atoms with E-state index in [0.717, 1.165) is 0 Å². The molecule has 0 spiro atoms. The van der Waals surface area contributed by atoms with Gasteiger partial charge in [0.25, 0.3) is 0 Å². The molecule has 2 nitrogen and oxygen atoms in total. The lowest BCUT2D eigenvalue weighted by molar-refractivity contribution is 1.54. The van der Waals surface area contributed by atoms with Crippen molar-refractivity contribution in [3.05, 3.63) is 37.6 Å². The van der Waals surface area contributed by atoms with Crippen LogP contribution in [0.25, 0.3) is 0 Å². The van der Waals surface area contributed by atoms with Crippen LogP contribution in [0.4, 0.5) is 0 Å². The summed E-state index contributed by atoms with van der Waals surface area (Å²) in [5.74, 6) is 0. The second-order valence-electron chi connectivity index (χ2n) is 0.954. The Kier molecular flexibility index (Phi) is 18.7. The number of nitrogens with two attached hydrogens (primary N) is 1. The van der Waals surface area contributed by atoms with E-state index >= 15 is 0 Å². The Morgan fingerprint density at radius 3 is 1.89 bits per heavy atom. The molecule has 0 aliphatic heterocycles. The minimum Gasteiger partial charge on any atom is -0.405 e. The maximum Gasteiger partial charge on any atom is 0.0905 e. The van der Waals surface area contributed by atoms with Crippen LogP contribution < -0.4 is 5.73 Å². The zero-order chi connectivity index (χ0) is 7.54. The molecule has 0 saturated carbocycles. The normalized spacial score (nSPS) is 6.56. The number of rotatable bonds is 1. The van der Waals surface area contributed by atoms with Gasteiger partial charge in [0.1, 0.15) is 0 Å². The first-order valence-electron chi connectivity index (χ1n) is 2.33. The summed E-state index contributed by atoms with van der Waals surface area (Å²) >= 11 is 0. The van der Waals surface area contributed by atoms with Crippen molar-refractivity contribution in [2.24, 2.45) is 5.73 Å². The van der Waals surface area contributed by atoms with Crippen molar-refractivity contribution < 1.29 is 0 Å². The number of hydrogen-bond acceptors (Lipinski definition) is 2. The average molecular weight is 122 g/mol. The van der Waals surface area contributed by atoms with E-state index in [0.29, 0.717) is 0 Å². The van der Waals surface area contributed by atoms with Crippen LogP contribution in [0.2, 0.25) is 0 Å². The van der Waals surface area contributed by atoms with Crippen molar-refractivity contribution in [2.45, 2.75) is 0 Å². The van der Waals surface area contributed by atoms with Gasteiger partial charge in [0.2, 0.25) is 0 Å². The van der Waals surface area contributed by atoms with E-state index in [-0.39, 0.29) is 0 Å². The largest absolute Gasteiger partial charge is 0.405 e. The maximum absolute atomic E-state index is 7.51. The van der Waals surface area contributed by atoms with Crippen molar-refractivity contribution in [1.82, 2.24) is 0 Å². The van der Waals surface area contributed by atoms with Crippen molar-refractivity contribution in [1.29, 1.82) is 5.26 Å². The molecule has 9 heavy (non-hydrogen) atoms. The molecule has 0 aromatic rings. The summed E-state index contributed by atoms with van der Waals surface area (Å²) < 4.78 is 0. The molecule has 0 atom stereocenters. The first-order valence-corrected chi connectivity index (χ1v) is 2.33. The van der Waals surface area contributed by atoms with Crippen LogP contribution in [0.3, 0.4) is 0 Å². The Bertz CT molecular complexity index is 128. The maximum atomic E-state index is 7.51. The van der Waals surface area contributed by atoms with Gasteiger partial charge in [-0.3, -0.25) is 0 Å². The van der Waals surface area contributed by atoms with E-state index in [1.165, 1.54) is 12.3 Å². The number of hydrogen-bond donors (Lipinski definition) is 1. The fraction of sp³-hybridized carbons (Fsp3) is 0. The molecule has 48 valence electrons. The predicted octanol–water partition coefficient (Wildman–Crippen LogP) is 1.34. The minimum absolute atomic E-state index is 1.18. The van der Waals surface area contributed by atoms with Gasteiger partial charge in [-0.25, -0.2) is 0 Å². The van der Waals surface area contributed by atoms with Crippen molar-refractivity contribution in [2.75, 3.05) is 0 Å². The lowest BCUT2D eigenvalue weighted by Gasteiger charge is -1.58. The third-order valence-corrected chi connectivity index (χ3v) is 0.338. The Balaban J connectivity index is 0. The molecule has 0 unspecified atom stereocenters. The quantitative estimate of drug-likeness (QED) is 0.421. The Morgan fingerprint density at radius 2 is 1.89 bits per heavy atom. The first-order chi connectivity index (χ1) is 4.33. The number of nitriles is 1. The van der Waals surface area contributed by atoms with Crippen LogP contribution in [0.5, 0.6) is 0 Å². The van der Waals surface area contributed by atoms with Gasteiger partial charge in [0.05, 0.1) is 6.07 Å². The fourth-order valence-corrected chi connectivity index (χ4v) is 0.0786. The van der Waals surface area contributed by atoms with Gasteiger partial charge in [0, 0.05) is 6.08 Å². The fourth-order valence-electron chi connectivity index (χ4n) is 0.0786. The molecule has 0 saturated heterocycles. The molecule has 0 bridgehead atoms. The standard InChI is InChI=1S/C4H7N.C3H3N/c1-2-3-4-5;1-2-3-4/h2-4H,1,5H2;2H,1H2. The highest BCUT2D eigenvalue weighted by molar-refractivity contribution is 4.94. The van der Waals surface area contributed by atoms with Gasteiger partial charge in [-0.05, 0) is 12.3 Å². The van der Waals surface area contributed by atoms with Crippen LogP contribution in [0, 0.1) is 11.3 Å². The molecular weight excluding hydrogens is 112 g/mol. The average Bonchev–Trinajstić information content (AvgIpc) is 1.91. The molecule has 0 aliphatic rings.